The highest BCUT2D eigenvalue weighted by molar-refractivity contribution is 7.89. The smallest absolute Gasteiger partial charge is 0.241 e. The van der Waals surface area contributed by atoms with E-state index in [1.54, 1.807) is 18.2 Å². The summed E-state index contributed by atoms with van der Waals surface area (Å²) in [6, 6.07) is 5.89. The highest BCUT2D eigenvalue weighted by atomic mass is 32.2. The molecule has 1 aromatic carbocycles. The average Bonchev–Trinajstić information content (AvgIpc) is 2.41. The van der Waals surface area contributed by atoms with Gasteiger partial charge >= 0.3 is 0 Å². The molecule has 4 N–H and O–H groups in total. The fourth-order valence-corrected chi connectivity index (χ4v) is 4.18. The number of aliphatic hydroxyl groups excluding tert-OH is 1. The normalized spacial score (nSPS) is 23.4. The molecule has 0 bridgehead atoms. The maximum atomic E-state index is 12.4. The van der Waals surface area contributed by atoms with E-state index in [0.29, 0.717) is 18.4 Å². The van der Waals surface area contributed by atoms with E-state index >= 15 is 0 Å². The molecule has 2 atom stereocenters. The van der Waals surface area contributed by atoms with Crippen LogP contribution in [0.25, 0.3) is 0 Å². The molecular formula is C13H18N2O3S2. The van der Waals surface area contributed by atoms with Gasteiger partial charge in [0.1, 0.15) is 4.99 Å². The van der Waals surface area contributed by atoms with Crippen LogP contribution in [0.2, 0.25) is 0 Å². The molecule has 0 amide bonds. The standard InChI is InChI=1S/C13H18N2O3S2/c14-13(19)9-5-1-4-8-12(9)20(17,18)15-10-6-2-3-7-11(10)16/h1,4-5,8,10-11,15-16H,2-3,6-7H2,(H2,14,19). The van der Waals surface area contributed by atoms with Crippen LogP contribution in [-0.2, 0) is 10.0 Å². The van der Waals surface area contributed by atoms with Crippen LogP contribution in [0, 0.1) is 0 Å². The number of nitrogens with two attached hydrogens (primary N) is 1. The zero-order chi connectivity index (χ0) is 14.8. The summed E-state index contributed by atoms with van der Waals surface area (Å²) in [6.07, 6.45) is 2.43. The van der Waals surface area contributed by atoms with Crippen molar-refractivity contribution in [2.75, 3.05) is 0 Å². The van der Waals surface area contributed by atoms with Crippen LogP contribution in [0.4, 0.5) is 0 Å². The second-order valence-electron chi connectivity index (χ2n) is 4.94. The van der Waals surface area contributed by atoms with E-state index in [0.717, 1.165) is 12.8 Å². The van der Waals surface area contributed by atoms with E-state index in [4.69, 9.17) is 18.0 Å². The number of rotatable bonds is 4. The van der Waals surface area contributed by atoms with Crippen LogP contribution in [0.15, 0.2) is 29.2 Å². The predicted molar refractivity (Wildman–Crippen MR) is 80.9 cm³/mol. The molecule has 1 aromatic rings. The first kappa shape index (κ1) is 15.4. The second kappa shape index (κ2) is 6.17. The molecule has 1 saturated carbocycles. The molecule has 1 fully saturated rings. The molecule has 0 aromatic heterocycles. The number of thiocarbonyl (C=S) groups is 1. The molecule has 0 aliphatic heterocycles. The van der Waals surface area contributed by atoms with E-state index in [2.05, 4.69) is 4.72 Å². The average molecular weight is 314 g/mol. The third-order valence-corrected chi connectivity index (χ3v) is 5.25. The highest BCUT2D eigenvalue weighted by Crippen LogP contribution is 2.22. The minimum atomic E-state index is -3.75. The SMILES string of the molecule is NC(=S)c1ccccc1S(=O)(=O)NC1CCCCC1O. The van der Waals surface area contributed by atoms with Gasteiger partial charge in [-0.1, -0.05) is 43.3 Å². The molecule has 0 heterocycles. The van der Waals surface area contributed by atoms with Gasteiger partial charge in [-0.15, -0.1) is 0 Å². The van der Waals surface area contributed by atoms with Crippen LogP contribution in [-0.4, -0.2) is 30.7 Å². The maximum Gasteiger partial charge on any atom is 0.241 e. The summed E-state index contributed by atoms with van der Waals surface area (Å²) in [5.41, 5.74) is 5.88. The highest BCUT2D eigenvalue weighted by Gasteiger charge is 2.29. The fraction of sp³-hybridized carbons (Fsp3) is 0.462. The van der Waals surface area contributed by atoms with Crippen LogP contribution < -0.4 is 10.5 Å². The van der Waals surface area contributed by atoms with Crippen LogP contribution >= 0.6 is 12.2 Å². The van der Waals surface area contributed by atoms with Crippen LogP contribution in [0.3, 0.4) is 0 Å². The van der Waals surface area contributed by atoms with E-state index in [1.807, 2.05) is 0 Å². The Balaban J connectivity index is 2.29. The van der Waals surface area contributed by atoms with Crippen molar-refractivity contribution < 1.29 is 13.5 Å². The number of benzene rings is 1. The summed E-state index contributed by atoms with van der Waals surface area (Å²) in [4.78, 5) is 0.0976. The summed E-state index contributed by atoms with van der Waals surface area (Å²) in [7, 11) is -3.75. The molecule has 20 heavy (non-hydrogen) atoms. The van der Waals surface area contributed by atoms with Crippen molar-refractivity contribution in [1.82, 2.24) is 4.72 Å². The Hall–Kier alpha value is -1.02. The van der Waals surface area contributed by atoms with E-state index in [1.165, 1.54) is 6.07 Å². The van der Waals surface area contributed by atoms with Gasteiger partial charge in [0.25, 0.3) is 0 Å². The fourth-order valence-electron chi connectivity index (χ4n) is 2.42. The van der Waals surface area contributed by atoms with Crippen molar-refractivity contribution in [3.05, 3.63) is 29.8 Å². The molecule has 0 saturated heterocycles. The maximum absolute atomic E-state index is 12.4. The third-order valence-electron chi connectivity index (χ3n) is 3.48. The first-order chi connectivity index (χ1) is 9.42. The van der Waals surface area contributed by atoms with E-state index < -0.39 is 22.2 Å². The number of hydrogen-bond donors (Lipinski definition) is 3. The first-order valence-electron chi connectivity index (χ1n) is 6.51. The summed E-state index contributed by atoms with van der Waals surface area (Å²) >= 11 is 4.88. The zero-order valence-corrected chi connectivity index (χ0v) is 12.6. The van der Waals surface area contributed by atoms with Gasteiger partial charge in [0.2, 0.25) is 10.0 Å². The monoisotopic (exact) mass is 314 g/mol. The largest absolute Gasteiger partial charge is 0.391 e. The lowest BCUT2D eigenvalue weighted by Crippen LogP contribution is -2.45. The summed E-state index contributed by atoms with van der Waals surface area (Å²) in [5.74, 6) is 0. The van der Waals surface area contributed by atoms with Crippen LogP contribution in [0.5, 0.6) is 0 Å². The molecule has 7 heteroatoms. The molecule has 2 unspecified atom stereocenters. The summed E-state index contributed by atoms with van der Waals surface area (Å²) in [6.45, 7) is 0. The number of aliphatic hydroxyl groups is 1. The Labute approximate surface area is 124 Å². The number of nitrogens with one attached hydrogen (secondary N) is 1. The topological polar surface area (TPSA) is 92.4 Å². The van der Waals surface area contributed by atoms with Gasteiger partial charge in [-0.2, -0.15) is 0 Å². The van der Waals surface area contributed by atoms with Gasteiger partial charge in [-0.25, -0.2) is 13.1 Å². The molecule has 2 rings (SSSR count). The van der Waals surface area contributed by atoms with Crippen molar-refractivity contribution in [3.8, 4) is 0 Å². The summed E-state index contributed by atoms with van der Waals surface area (Å²) in [5, 5.41) is 9.88. The predicted octanol–water partition coefficient (Wildman–Crippen LogP) is 0.903. The van der Waals surface area contributed by atoms with Gasteiger partial charge in [0.05, 0.1) is 11.0 Å². The number of sulfonamides is 1. The minimum absolute atomic E-state index is 0.0372. The van der Waals surface area contributed by atoms with Crippen molar-refractivity contribution in [1.29, 1.82) is 0 Å². The Morgan fingerprint density at radius 3 is 2.60 bits per heavy atom. The Morgan fingerprint density at radius 1 is 1.30 bits per heavy atom. The quantitative estimate of drug-likeness (QED) is 0.718. The van der Waals surface area contributed by atoms with E-state index in [9.17, 15) is 13.5 Å². The van der Waals surface area contributed by atoms with Gasteiger partial charge in [-0.05, 0) is 18.9 Å². The van der Waals surface area contributed by atoms with Gasteiger partial charge in [0, 0.05) is 11.6 Å². The van der Waals surface area contributed by atoms with Crippen molar-refractivity contribution >= 4 is 27.2 Å². The molecule has 1 aliphatic carbocycles. The Bertz CT molecular complexity index is 601. The Kier molecular flexibility index (Phi) is 4.74. The second-order valence-corrected chi connectivity index (χ2v) is 7.06. The third kappa shape index (κ3) is 3.35. The van der Waals surface area contributed by atoms with Crippen LogP contribution in [0.1, 0.15) is 31.2 Å². The molecule has 110 valence electrons. The van der Waals surface area contributed by atoms with Gasteiger partial charge in [-0.3, -0.25) is 0 Å². The lowest BCUT2D eigenvalue weighted by molar-refractivity contribution is 0.101. The zero-order valence-electron chi connectivity index (χ0n) is 11.0. The summed E-state index contributed by atoms with van der Waals surface area (Å²) < 4.78 is 27.4. The van der Waals surface area contributed by atoms with Gasteiger partial charge in [0.15, 0.2) is 0 Å². The molecule has 0 radical (unpaired) electrons. The Morgan fingerprint density at radius 2 is 1.95 bits per heavy atom. The molecular weight excluding hydrogens is 296 g/mol. The first-order valence-corrected chi connectivity index (χ1v) is 8.40. The van der Waals surface area contributed by atoms with E-state index in [-0.39, 0.29) is 9.88 Å². The van der Waals surface area contributed by atoms with Crippen molar-refractivity contribution in [3.63, 3.8) is 0 Å². The molecule has 0 spiro atoms. The molecule has 5 nitrogen and oxygen atoms in total. The van der Waals surface area contributed by atoms with Crippen molar-refractivity contribution in [2.45, 2.75) is 42.7 Å². The lowest BCUT2D eigenvalue weighted by atomic mass is 9.93. The van der Waals surface area contributed by atoms with Crippen molar-refractivity contribution in [2.24, 2.45) is 5.73 Å². The minimum Gasteiger partial charge on any atom is -0.391 e. The molecule has 1 aliphatic rings. The number of hydrogen-bond acceptors (Lipinski definition) is 4. The van der Waals surface area contributed by atoms with Gasteiger partial charge < -0.3 is 10.8 Å². The lowest BCUT2D eigenvalue weighted by Gasteiger charge is -2.28.